The molecule has 1 aliphatic heterocycles. The van der Waals surface area contributed by atoms with Crippen molar-refractivity contribution in [1.82, 2.24) is 9.88 Å². The summed E-state index contributed by atoms with van der Waals surface area (Å²) in [5.74, 6) is 0.950. The predicted molar refractivity (Wildman–Crippen MR) is 89.0 cm³/mol. The van der Waals surface area contributed by atoms with Crippen molar-refractivity contribution in [3.8, 4) is 0 Å². The molecule has 1 aromatic carbocycles. The Bertz CT molecular complexity index is 625. The van der Waals surface area contributed by atoms with Crippen molar-refractivity contribution in [2.75, 3.05) is 31.1 Å². The summed E-state index contributed by atoms with van der Waals surface area (Å²) in [6, 6.07) is 15.2. The lowest BCUT2D eigenvalue weighted by atomic mass is 10.1. The third kappa shape index (κ3) is 3.87. The lowest BCUT2D eigenvalue weighted by molar-refractivity contribution is -0.133. The van der Waals surface area contributed by atoms with Crippen LogP contribution >= 0.6 is 0 Å². The lowest BCUT2D eigenvalue weighted by Crippen LogP contribution is -2.49. The Morgan fingerprint density at radius 2 is 1.74 bits per heavy atom. The molecule has 1 N–H and O–H groups in total. The highest BCUT2D eigenvalue weighted by molar-refractivity contribution is 5.77. The van der Waals surface area contributed by atoms with Gasteiger partial charge in [0.2, 0.25) is 5.91 Å². The molecule has 3 rings (SSSR count). The molecule has 5 heteroatoms. The van der Waals surface area contributed by atoms with Crippen molar-refractivity contribution in [2.24, 2.45) is 0 Å². The number of carbonyl (C=O) groups is 1. The van der Waals surface area contributed by atoms with Gasteiger partial charge < -0.3 is 14.9 Å². The summed E-state index contributed by atoms with van der Waals surface area (Å²) in [6.07, 6.45) is 1.17. The number of benzene rings is 1. The van der Waals surface area contributed by atoms with Gasteiger partial charge in [0.25, 0.3) is 0 Å². The van der Waals surface area contributed by atoms with Crippen molar-refractivity contribution >= 4 is 11.7 Å². The number of nitrogens with zero attached hydrogens (tertiary/aromatic N) is 3. The summed E-state index contributed by atoms with van der Waals surface area (Å²) in [5, 5.41) is 10.2. The zero-order chi connectivity index (χ0) is 16.1. The van der Waals surface area contributed by atoms with Crippen LogP contribution in [-0.4, -0.2) is 47.1 Å². The highest BCUT2D eigenvalue weighted by atomic mass is 16.3. The lowest BCUT2D eigenvalue weighted by Gasteiger charge is -2.35. The van der Waals surface area contributed by atoms with E-state index >= 15 is 0 Å². The van der Waals surface area contributed by atoms with E-state index in [4.69, 9.17) is 0 Å². The summed E-state index contributed by atoms with van der Waals surface area (Å²) in [5.41, 5.74) is 0.785. The molecule has 0 saturated carbocycles. The van der Waals surface area contributed by atoms with E-state index in [0.717, 1.165) is 24.5 Å². The first kappa shape index (κ1) is 15.5. The van der Waals surface area contributed by atoms with Crippen molar-refractivity contribution in [2.45, 2.75) is 12.5 Å². The Labute approximate surface area is 136 Å². The Hall–Kier alpha value is -2.40. The number of hydrogen-bond donors (Lipinski definition) is 1. The average Bonchev–Trinajstić information content (AvgIpc) is 2.63. The molecule has 2 heterocycles. The van der Waals surface area contributed by atoms with E-state index in [1.165, 1.54) is 0 Å². The number of rotatable bonds is 4. The van der Waals surface area contributed by atoms with Gasteiger partial charge in [0, 0.05) is 32.4 Å². The van der Waals surface area contributed by atoms with Crippen LogP contribution in [0.1, 0.15) is 18.1 Å². The van der Waals surface area contributed by atoms with Gasteiger partial charge in [-0.2, -0.15) is 0 Å². The Morgan fingerprint density at radius 3 is 2.39 bits per heavy atom. The SMILES string of the molecule is O=C(CC(O)c1ccccc1)N1CCN(c2ccccn2)CC1. The van der Waals surface area contributed by atoms with Crippen molar-refractivity contribution in [3.63, 3.8) is 0 Å². The highest BCUT2D eigenvalue weighted by Crippen LogP contribution is 2.19. The molecule has 1 amide bonds. The van der Waals surface area contributed by atoms with E-state index in [-0.39, 0.29) is 12.3 Å². The number of amides is 1. The number of pyridine rings is 1. The average molecular weight is 311 g/mol. The van der Waals surface area contributed by atoms with Crippen LogP contribution in [0.15, 0.2) is 54.7 Å². The van der Waals surface area contributed by atoms with E-state index in [0.29, 0.717) is 13.1 Å². The van der Waals surface area contributed by atoms with Crippen LogP contribution in [0.2, 0.25) is 0 Å². The van der Waals surface area contributed by atoms with Crippen LogP contribution in [0.4, 0.5) is 5.82 Å². The second-order valence-corrected chi connectivity index (χ2v) is 5.69. The van der Waals surface area contributed by atoms with Gasteiger partial charge in [0.1, 0.15) is 5.82 Å². The molecule has 1 atom stereocenters. The molecule has 0 aliphatic carbocycles. The zero-order valence-corrected chi connectivity index (χ0v) is 13.0. The maximum Gasteiger partial charge on any atom is 0.225 e. The molecule has 5 nitrogen and oxygen atoms in total. The van der Waals surface area contributed by atoms with Crippen LogP contribution in [0.5, 0.6) is 0 Å². The smallest absolute Gasteiger partial charge is 0.225 e. The number of carbonyl (C=O) groups excluding carboxylic acids is 1. The van der Waals surface area contributed by atoms with E-state index in [9.17, 15) is 9.90 Å². The second kappa shape index (κ2) is 7.24. The highest BCUT2D eigenvalue weighted by Gasteiger charge is 2.23. The topological polar surface area (TPSA) is 56.7 Å². The van der Waals surface area contributed by atoms with E-state index in [1.54, 1.807) is 6.20 Å². The molecule has 2 aromatic rings. The fourth-order valence-electron chi connectivity index (χ4n) is 2.81. The minimum atomic E-state index is -0.738. The first-order valence-corrected chi connectivity index (χ1v) is 7.91. The van der Waals surface area contributed by atoms with Gasteiger partial charge in [-0.3, -0.25) is 4.79 Å². The monoisotopic (exact) mass is 311 g/mol. The summed E-state index contributed by atoms with van der Waals surface area (Å²) in [7, 11) is 0. The summed E-state index contributed by atoms with van der Waals surface area (Å²) >= 11 is 0. The first-order valence-electron chi connectivity index (χ1n) is 7.91. The number of aromatic nitrogens is 1. The molecule has 1 aromatic heterocycles. The molecule has 1 aliphatic rings. The quantitative estimate of drug-likeness (QED) is 0.936. The number of aliphatic hydroxyl groups is 1. The molecule has 1 saturated heterocycles. The molecular weight excluding hydrogens is 290 g/mol. The van der Waals surface area contributed by atoms with Gasteiger partial charge in [0.15, 0.2) is 0 Å². The summed E-state index contributed by atoms with van der Waals surface area (Å²) in [4.78, 5) is 20.7. The van der Waals surface area contributed by atoms with Crippen LogP contribution in [0.3, 0.4) is 0 Å². The third-order valence-corrected chi connectivity index (χ3v) is 4.16. The van der Waals surface area contributed by atoms with Crippen LogP contribution < -0.4 is 4.90 Å². The Balaban J connectivity index is 1.52. The Kier molecular flexibility index (Phi) is 4.88. The molecule has 1 unspecified atom stereocenters. The molecular formula is C18H21N3O2. The maximum atomic E-state index is 12.4. The van der Waals surface area contributed by atoms with Gasteiger partial charge in [-0.25, -0.2) is 4.98 Å². The minimum Gasteiger partial charge on any atom is -0.388 e. The summed E-state index contributed by atoms with van der Waals surface area (Å²) in [6.45, 7) is 2.86. The normalized spacial score (nSPS) is 16.2. The van der Waals surface area contributed by atoms with E-state index in [1.807, 2.05) is 53.4 Å². The van der Waals surface area contributed by atoms with Gasteiger partial charge in [-0.1, -0.05) is 36.4 Å². The number of piperazine rings is 1. The van der Waals surface area contributed by atoms with Crippen molar-refractivity contribution in [1.29, 1.82) is 0 Å². The molecule has 23 heavy (non-hydrogen) atoms. The molecule has 120 valence electrons. The van der Waals surface area contributed by atoms with Crippen LogP contribution in [0.25, 0.3) is 0 Å². The molecule has 0 bridgehead atoms. The summed E-state index contributed by atoms with van der Waals surface area (Å²) < 4.78 is 0. The molecule has 1 fully saturated rings. The first-order chi connectivity index (χ1) is 11.2. The Morgan fingerprint density at radius 1 is 1.04 bits per heavy atom. The fourth-order valence-corrected chi connectivity index (χ4v) is 2.81. The number of hydrogen-bond acceptors (Lipinski definition) is 4. The molecule has 0 spiro atoms. The van der Waals surface area contributed by atoms with Crippen LogP contribution in [0, 0.1) is 0 Å². The van der Waals surface area contributed by atoms with Crippen molar-refractivity contribution < 1.29 is 9.90 Å². The van der Waals surface area contributed by atoms with Gasteiger partial charge in [0.05, 0.1) is 12.5 Å². The van der Waals surface area contributed by atoms with Gasteiger partial charge >= 0.3 is 0 Å². The molecule has 0 radical (unpaired) electrons. The van der Waals surface area contributed by atoms with Crippen LogP contribution in [-0.2, 0) is 4.79 Å². The number of aliphatic hydroxyl groups excluding tert-OH is 1. The van der Waals surface area contributed by atoms with E-state index in [2.05, 4.69) is 9.88 Å². The minimum absolute atomic E-state index is 0.00187. The fraction of sp³-hybridized carbons (Fsp3) is 0.333. The van der Waals surface area contributed by atoms with E-state index < -0.39 is 6.10 Å². The predicted octanol–water partition coefficient (Wildman–Crippen LogP) is 1.85. The number of anilines is 1. The van der Waals surface area contributed by atoms with Crippen molar-refractivity contribution in [3.05, 3.63) is 60.3 Å². The third-order valence-electron chi connectivity index (χ3n) is 4.16. The standard InChI is InChI=1S/C18H21N3O2/c22-16(15-6-2-1-3-7-15)14-18(23)21-12-10-20(11-13-21)17-8-4-5-9-19-17/h1-9,16,22H,10-14H2. The van der Waals surface area contributed by atoms with Gasteiger partial charge in [-0.15, -0.1) is 0 Å². The second-order valence-electron chi connectivity index (χ2n) is 5.69. The zero-order valence-electron chi connectivity index (χ0n) is 13.0. The maximum absolute atomic E-state index is 12.4. The van der Waals surface area contributed by atoms with Gasteiger partial charge in [-0.05, 0) is 17.7 Å². The largest absolute Gasteiger partial charge is 0.388 e.